The highest BCUT2D eigenvalue weighted by Gasteiger charge is 2.26. The number of nitrogens with two attached hydrogens (primary N) is 1. The van der Waals surface area contributed by atoms with Crippen LogP contribution in [0.25, 0.3) is 0 Å². The summed E-state index contributed by atoms with van der Waals surface area (Å²) in [6.45, 7) is 2.53. The molecule has 0 amide bonds. The highest BCUT2D eigenvalue weighted by atomic mass is 127. The maximum Gasteiger partial charge on any atom is 0.314 e. The Morgan fingerprint density at radius 3 is 2.78 bits per heavy atom. The van der Waals surface area contributed by atoms with Crippen LogP contribution in [0.1, 0.15) is 18.4 Å². The van der Waals surface area contributed by atoms with Crippen molar-refractivity contribution >= 4 is 28.6 Å². The molecule has 2 rings (SSSR count). The molecule has 0 bridgehead atoms. The maximum absolute atomic E-state index is 11.8. The fourth-order valence-corrected chi connectivity index (χ4v) is 2.61. The smallest absolute Gasteiger partial charge is 0.314 e. The second-order valence-corrected chi connectivity index (χ2v) is 4.93. The van der Waals surface area contributed by atoms with Crippen molar-refractivity contribution in [2.75, 3.05) is 19.9 Å². The van der Waals surface area contributed by atoms with E-state index in [2.05, 4.69) is 22.6 Å². The van der Waals surface area contributed by atoms with Crippen LogP contribution in [0, 0.1) is 3.57 Å². The lowest BCUT2D eigenvalue weighted by Gasteiger charge is -2.16. The molecule has 1 heterocycles. The topological polar surface area (TPSA) is 70.8 Å². The van der Waals surface area contributed by atoms with E-state index in [1.807, 2.05) is 6.07 Å². The molecule has 6 heteroatoms. The van der Waals surface area contributed by atoms with E-state index in [4.69, 9.17) is 19.9 Å². The average molecular weight is 363 g/mol. The third-order valence-corrected chi connectivity index (χ3v) is 3.61. The summed E-state index contributed by atoms with van der Waals surface area (Å²) in [5, 5.41) is 0. The van der Waals surface area contributed by atoms with Crippen molar-refractivity contribution in [2.24, 2.45) is 5.73 Å². The summed E-state index contributed by atoms with van der Waals surface area (Å²) in [6, 6.07) is 3.65. The largest absolute Gasteiger partial charge is 0.465 e. The van der Waals surface area contributed by atoms with E-state index in [9.17, 15) is 4.79 Å². The molecular formula is C12H14INO4. The Hall–Kier alpha value is -1.02. The Kier molecular flexibility index (Phi) is 4.28. The van der Waals surface area contributed by atoms with Crippen LogP contribution in [0.3, 0.4) is 0 Å². The number of ether oxygens (including phenoxy) is 3. The number of fused-ring (bicyclic) bond motifs is 1. The zero-order valence-corrected chi connectivity index (χ0v) is 12.1. The normalized spacial score (nSPS) is 14.4. The van der Waals surface area contributed by atoms with E-state index in [1.165, 1.54) is 0 Å². The summed E-state index contributed by atoms with van der Waals surface area (Å²) < 4.78 is 16.5. The van der Waals surface area contributed by atoms with Crippen molar-refractivity contribution in [3.05, 3.63) is 21.3 Å². The number of carbonyl (C=O) groups excluding carboxylic acids is 1. The molecule has 1 atom stereocenters. The Balaban J connectivity index is 2.33. The van der Waals surface area contributed by atoms with Gasteiger partial charge in [0.15, 0.2) is 11.5 Å². The maximum atomic E-state index is 11.8. The van der Waals surface area contributed by atoms with Crippen molar-refractivity contribution in [3.8, 4) is 11.5 Å². The first kappa shape index (κ1) is 13.4. The number of esters is 1. The van der Waals surface area contributed by atoms with Crippen LogP contribution in [-0.2, 0) is 9.53 Å². The molecule has 0 saturated heterocycles. The van der Waals surface area contributed by atoms with Gasteiger partial charge >= 0.3 is 5.97 Å². The SMILES string of the molecule is CCOC(=O)C(CN)c1cc2c(cc1I)OCO2. The fourth-order valence-electron chi connectivity index (χ4n) is 1.79. The predicted molar refractivity (Wildman–Crippen MR) is 73.7 cm³/mol. The summed E-state index contributed by atoms with van der Waals surface area (Å²) in [5.41, 5.74) is 6.49. The Labute approximate surface area is 119 Å². The van der Waals surface area contributed by atoms with Gasteiger partial charge in [0.1, 0.15) is 0 Å². The quantitative estimate of drug-likeness (QED) is 0.651. The van der Waals surface area contributed by atoms with Gasteiger partial charge in [-0.2, -0.15) is 0 Å². The minimum atomic E-state index is -0.466. The first-order valence-corrected chi connectivity index (χ1v) is 6.71. The summed E-state index contributed by atoms with van der Waals surface area (Å²) in [5.74, 6) is 0.569. The minimum absolute atomic E-state index is 0.203. The molecule has 0 saturated carbocycles. The minimum Gasteiger partial charge on any atom is -0.465 e. The van der Waals surface area contributed by atoms with E-state index in [0.29, 0.717) is 18.1 Å². The first-order valence-electron chi connectivity index (χ1n) is 5.63. The van der Waals surface area contributed by atoms with Crippen LogP contribution in [-0.4, -0.2) is 25.9 Å². The molecule has 2 N–H and O–H groups in total. The van der Waals surface area contributed by atoms with Crippen LogP contribution >= 0.6 is 22.6 Å². The number of halogens is 1. The molecule has 1 aliphatic heterocycles. The van der Waals surface area contributed by atoms with Crippen molar-refractivity contribution in [3.63, 3.8) is 0 Å². The molecule has 98 valence electrons. The van der Waals surface area contributed by atoms with E-state index in [0.717, 1.165) is 9.13 Å². The number of hydrogen-bond donors (Lipinski definition) is 1. The zero-order valence-electron chi connectivity index (χ0n) is 9.94. The van der Waals surface area contributed by atoms with Gasteiger partial charge in [0.05, 0.1) is 12.5 Å². The van der Waals surface area contributed by atoms with Crippen molar-refractivity contribution in [1.29, 1.82) is 0 Å². The molecule has 18 heavy (non-hydrogen) atoms. The number of carbonyl (C=O) groups is 1. The molecule has 0 aliphatic carbocycles. The fraction of sp³-hybridized carbons (Fsp3) is 0.417. The highest BCUT2D eigenvalue weighted by Crippen LogP contribution is 2.37. The van der Waals surface area contributed by atoms with Crippen molar-refractivity contribution < 1.29 is 19.0 Å². The molecule has 0 aromatic heterocycles. The number of hydrogen-bond acceptors (Lipinski definition) is 5. The van der Waals surface area contributed by atoms with Gasteiger partial charge in [-0.25, -0.2) is 0 Å². The zero-order chi connectivity index (χ0) is 13.1. The summed E-state index contributed by atoms with van der Waals surface area (Å²) in [4.78, 5) is 11.8. The monoisotopic (exact) mass is 363 g/mol. The van der Waals surface area contributed by atoms with Gasteiger partial charge in [-0.15, -0.1) is 0 Å². The van der Waals surface area contributed by atoms with Crippen LogP contribution in [0.2, 0.25) is 0 Å². The summed E-state index contributed by atoms with van der Waals surface area (Å²) in [6.07, 6.45) is 0. The Morgan fingerprint density at radius 2 is 2.17 bits per heavy atom. The van der Waals surface area contributed by atoms with Crippen molar-refractivity contribution in [2.45, 2.75) is 12.8 Å². The van der Waals surface area contributed by atoms with E-state index < -0.39 is 5.92 Å². The van der Waals surface area contributed by atoms with Gasteiger partial charge in [-0.1, -0.05) is 0 Å². The molecular weight excluding hydrogens is 349 g/mol. The average Bonchev–Trinajstić information content (AvgIpc) is 2.77. The van der Waals surface area contributed by atoms with Crippen LogP contribution < -0.4 is 15.2 Å². The lowest BCUT2D eigenvalue weighted by molar-refractivity contribution is -0.144. The van der Waals surface area contributed by atoms with Gasteiger partial charge < -0.3 is 19.9 Å². The summed E-state index contributed by atoms with van der Waals surface area (Å²) in [7, 11) is 0. The molecule has 1 aliphatic rings. The molecule has 0 fully saturated rings. The number of rotatable bonds is 4. The van der Waals surface area contributed by atoms with Gasteiger partial charge in [0.25, 0.3) is 0 Å². The third kappa shape index (κ3) is 2.54. The predicted octanol–water partition coefficient (Wildman–Crippen LogP) is 1.63. The lowest BCUT2D eigenvalue weighted by atomic mass is 9.99. The standard InChI is InChI=1S/C12H14INO4/c1-2-16-12(15)8(5-14)7-3-10-11(4-9(7)13)18-6-17-10/h3-4,8H,2,5-6,14H2,1H3. The Morgan fingerprint density at radius 1 is 1.50 bits per heavy atom. The van der Waals surface area contributed by atoms with Crippen LogP contribution in [0.15, 0.2) is 12.1 Å². The molecule has 0 radical (unpaired) electrons. The second-order valence-electron chi connectivity index (χ2n) is 3.77. The molecule has 1 aromatic rings. The first-order chi connectivity index (χ1) is 8.67. The molecule has 1 unspecified atom stereocenters. The molecule has 5 nitrogen and oxygen atoms in total. The third-order valence-electron chi connectivity index (χ3n) is 2.67. The lowest BCUT2D eigenvalue weighted by Crippen LogP contribution is -2.24. The molecule has 1 aromatic carbocycles. The van der Waals surface area contributed by atoms with Gasteiger partial charge in [-0.05, 0) is 47.2 Å². The number of benzene rings is 1. The van der Waals surface area contributed by atoms with Crippen LogP contribution in [0.4, 0.5) is 0 Å². The van der Waals surface area contributed by atoms with E-state index >= 15 is 0 Å². The molecule has 0 spiro atoms. The van der Waals surface area contributed by atoms with Gasteiger partial charge in [0, 0.05) is 10.1 Å². The van der Waals surface area contributed by atoms with E-state index in [1.54, 1.807) is 13.0 Å². The van der Waals surface area contributed by atoms with Crippen molar-refractivity contribution in [1.82, 2.24) is 0 Å². The van der Waals surface area contributed by atoms with Gasteiger partial charge in [0.2, 0.25) is 6.79 Å². The Bertz CT molecular complexity index is 464. The highest BCUT2D eigenvalue weighted by molar-refractivity contribution is 14.1. The summed E-state index contributed by atoms with van der Waals surface area (Å²) >= 11 is 2.16. The second kappa shape index (κ2) is 5.75. The van der Waals surface area contributed by atoms with Gasteiger partial charge in [-0.3, -0.25) is 4.79 Å². The van der Waals surface area contributed by atoms with Crippen LogP contribution in [0.5, 0.6) is 11.5 Å². The van der Waals surface area contributed by atoms with E-state index in [-0.39, 0.29) is 19.3 Å².